The summed E-state index contributed by atoms with van der Waals surface area (Å²) >= 11 is 6.27. The third-order valence-electron chi connectivity index (χ3n) is 3.61. The van der Waals surface area contributed by atoms with E-state index in [0.29, 0.717) is 28.9 Å². The Kier molecular flexibility index (Phi) is 6.33. The van der Waals surface area contributed by atoms with Gasteiger partial charge >= 0.3 is 11.9 Å². The molecule has 1 amide bonds. The summed E-state index contributed by atoms with van der Waals surface area (Å²) in [6.07, 6.45) is 2.59. The van der Waals surface area contributed by atoms with Crippen LogP contribution in [0.15, 0.2) is 29.2 Å². The number of ether oxygens (including phenoxy) is 1. The van der Waals surface area contributed by atoms with Crippen LogP contribution in [0.4, 0.5) is 0 Å². The van der Waals surface area contributed by atoms with Crippen molar-refractivity contribution >= 4 is 52.2 Å². The van der Waals surface area contributed by atoms with Crippen molar-refractivity contribution in [1.29, 1.82) is 0 Å². The number of nitrogens with zero attached hydrogens (tertiary/aromatic N) is 1. The molecule has 25 heavy (non-hydrogen) atoms. The highest BCUT2D eigenvalue weighted by atomic mass is 32.2. The van der Waals surface area contributed by atoms with Crippen LogP contribution in [0.5, 0.6) is 0 Å². The van der Waals surface area contributed by atoms with Gasteiger partial charge in [-0.25, -0.2) is 9.59 Å². The normalized spacial score (nSPS) is 17.0. The quantitative estimate of drug-likeness (QED) is 0.462. The first-order valence-corrected chi connectivity index (χ1v) is 8.79. The van der Waals surface area contributed by atoms with Gasteiger partial charge in [-0.05, 0) is 30.2 Å². The highest BCUT2D eigenvalue weighted by Gasteiger charge is 2.39. The van der Waals surface area contributed by atoms with Crippen LogP contribution in [-0.4, -0.2) is 45.3 Å². The molecule has 1 aliphatic rings. The summed E-state index contributed by atoms with van der Waals surface area (Å²) < 4.78 is 4.87. The molecule has 1 heterocycles. The van der Waals surface area contributed by atoms with Gasteiger partial charge in [0.15, 0.2) is 0 Å². The van der Waals surface area contributed by atoms with Crippen LogP contribution >= 0.6 is 24.0 Å². The number of methoxy groups -OCH3 is 1. The number of hydrogen-bond acceptors (Lipinski definition) is 6. The Morgan fingerprint density at radius 1 is 1.36 bits per heavy atom. The van der Waals surface area contributed by atoms with Crippen molar-refractivity contribution in [2.45, 2.75) is 25.8 Å². The second kappa shape index (κ2) is 8.26. The third kappa shape index (κ3) is 4.26. The van der Waals surface area contributed by atoms with Crippen LogP contribution in [0.2, 0.25) is 0 Å². The number of hydrogen-bond donors (Lipinski definition) is 1. The zero-order valence-electron chi connectivity index (χ0n) is 13.7. The Balaban J connectivity index is 2.24. The monoisotopic (exact) mass is 379 g/mol. The molecular formula is C17H17NO5S2. The highest BCUT2D eigenvalue weighted by Crippen LogP contribution is 2.34. The van der Waals surface area contributed by atoms with Gasteiger partial charge in [-0.3, -0.25) is 9.69 Å². The third-order valence-corrected chi connectivity index (χ3v) is 4.94. The summed E-state index contributed by atoms with van der Waals surface area (Å²) in [6, 6.07) is 5.59. The molecule has 1 N–H and O–H groups in total. The molecule has 0 bridgehead atoms. The number of carboxylic acid groups (broad SMARTS) is 1. The minimum atomic E-state index is -1.07. The first kappa shape index (κ1) is 19.1. The minimum Gasteiger partial charge on any atom is -0.480 e. The number of rotatable bonds is 6. The second-order valence-electron chi connectivity index (χ2n) is 5.31. The lowest BCUT2D eigenvalue weighted by atomic mass is 10.1. The summed E-state index contributed by atoms with van der Waals surface area (Å²) in [6.45, 7) is 1.85. The van der Waals surface area contributed by atoms with E-state index in [1.807, 2.05) is 6.92 Å². The second-order valence-corrected chi connectivity index (χ2v) is 6.98. The maximum Gasteiger partial charge on any atom is 0.337 e. The number of carbonyl (C=O) groups excluding carboxylic acids is 2. The van der Waals surface area contributed by atoms with Gasteiger partial charge in [0.25, 0.3) is 5.91 Å². The molecule has 1 unspecified atom stereocenters. The fourth-order valence-corrected chi connectivity index (χ4v) is 3.73. The molecule has 6 nitrogen and oxygen atoms in total. The summed E-state index contributed by atoms with van der Waals surface area (Å²) in [4.78, 5) is 37.0. The van der Waals surface area contributed by atoms with E-state index < -0.39 is 23.9 Å². The maximum atomic E-state index is 12.6. The number of thioether (sulfide) groups is 1. The van der Waals surface area contributed by atoms with Crippen molar-refractivity contribution in [3.05, 3.63) is 40.3 Å². The van der Waals surface area contributed by atoms with Crippen LogP contribution in [0.1, 0.15) is 35.7 Å². The van der Waals surface area contributed by atoms with Crippen LogP contribution < -0.4 is 0 Å². The number of benzene rings is 1. The summed E-state index contributed by atoms with van der Waals surface area (Å²) in [7, 11) is 1.30. The van der Waals surface area contributed by atoms with Crippen molar-refractivity contribution in [1.82, 2.24) is 4.90 Å². The van der Waals surface area contributed by atoms with Gasteiger partial charge in [0.05, 0.1) is 17.6 Å². The molecule has 0 aromatic heterocycles. The molecule has 1 saturated heterocycles. The van der Waals surface area contributed by atoms with E-state index in [-0.39, 0.29) is 4.32 Å². The number of carboxylic acids is 1. The maximum absolute atomic E-state index is 12.6. The van der Waals surface area contributed by atoms with E-state index in [9.17, 15) is 19.5 Å². The summed E-state index contributed by atoms with van der Waals surface area (Å²) in [5, 5.41) is 9.36. The Morgan fingerprint density at radius 3 is 2.52 bits per heavy atom. The van der Waals surface area contributed by atoms with Crippen LogP contribution in [-0.2, 0) is 14.3 Å². The van der Waals surface area contributed by atoms with Crippen molar-refractivity contribution in [2.75, 3.05) is 7.11 Å². The molecule has 0 aliphatic carbocycles. The molecule has 8 heteroatoms. The smallest absolute Gasteiger partial charge is 0.337 e. The van der Waals surface area contributed by atoms with Crippen LogP contribution in [0, 0.1) is 0 Å². The molecule has 132 valence electrons. The van der Waals surface area contributed by atoms with Crippen molar-refractivity contribution < 1.29 is 24.2 Å². The summed E-state index contributed by atoms with van der Waals surface area (Å²) in [5.74, 6) is -1.92. The minimum absolute atomic E-state index is 0.239. The van der Waals surface area contributed by atoms with Crippen LogP contribution in [0.3, 0.4) is 0 Å². The molecule has 1 atom stereocenters. The van der Waals surface area contributed by atoms with Crippen molar-refractivity contribution in [3.8, 4) is 0 Å². The van der Waals surface area contributed by atoms with E-state index in [4.69, 9.17) is 12.2 Å². The number of esters is 1. The number of aliphatic carboxylic acids is 1. The Labute approximate surface area is 154 Å². The predicted octanol–water partition coefficient (Wildman–Crippen LogP) is 2.93. The molecular weight excluding hydrogens is 362 g/mol. The van der Waals surface area contributed by atoms with Gasteiger partial charge in [-0.2, -0.15) is 0 Å². The van der Waals surface area contributed by atoms with E-state index in [1.165, 1.54) is 12.0 Å². The standard InChI is InChI=1S/C17H17NO5S2/c1-3-4-12(15(20)21)18-14(19)13(25-17(18)24)9-10-5-7-11(8-6-10)16(22)23-2/h5-9,12H,3-4H2,1-2H3,(H,20,21)/b13-9-. The zero-order chi connectivity index (χ0) is 18.6. The first-order valence-electron chi connectivity index (χ1n) is 7.57. The molecule has 2 rings (SSSR count). The predicted molar refractivity (Wildman–Crippen MR) is 99.1 cm³/mol. The Morgan fingerprint density at radius 2 is 2.00 bits per heavy atom. The Hall–Kier alpha value is -2.19. The fourth-order valence-electron chi connectivity index (χ4n) is 2.37. The molecule has 1 fully saturated rings. The highest BCUT2D eigenvalue weighted by molar-refractivity contribution is 8.26. The molecule has 1 aromatic carbocycles. The van der Waals surface area contributed by atoms with Gasteiger partial charge in [0.1, 0.15) is 10.4 Å². The fraction of sp³-hybridized carbons (Fsp3) is 0.294. The molecule has 1 aliphatic heterocycles. The van der Waals surface area contributed by atoms with Gasteiger partial charge < -0.3 is 9.84 Å². The zero-order valence-corrected chi connectivity index (χ0v) is 15.4. The Bertz CT molecular complexity index is 742. The molecule has 1 aromatic rings. The molecule has 0 spiro atoms. The van der Waals surface area contributed by atoms with E-state index in [1.54, 1.807) is 30.3 Å². The molecule has 0 radical (unpaired) electrons. The van der Waals surface area contributed by atoms with Gasteiger partial charge in [0.2, 0.25) is 0 Å². The first-order chi connectivity index (χ1) is 11.9. The van der Waals surface area contributed by atoms with Crippen molar-refractivity contribution in [3.63, 3.8) is 0 Å². The van der Waals surface area contributed by atoms with Gasteiger partial charge in [-0.1, -0.05) is 49.5 Å². The SMILES string of the molecule is CCCC(C(=O)O)N1C(=O)/C(=C/c2ccc(C(=O)OC)cc2)SC1=S. The topological polar surface area (TPSA) is 83.9 Å². The van der Waals surface area contributed by atoms with Gasteiger partial charge in [0, 0.05) is 0 Å². The average molecular weight is 379 g/mol. The van der Waals surface area contributed by atoms with E-state index in [2.05, 4.69) is 4.74 Å². The lowest BCUT2D eigenvalue weighted by molar-refractivity contribution is -0.145. The van der Waals surface area contributed by atoms with Gasteiger partial charge in [-0.15, -0.1) is 0 Å². The summed E-state index contributed by atoms with van der Waals surface area (Å²) in [5.41, 5.74) is 1.11. The van der Waals surface area contributed by atoms with E-state index >= 15 is 0 Å². The average Bonchev–Trinajstić information content (AvgIpc) is 2.86. The number of thiocarbonyl (C=S) groups is 1. The molecule has 0 saturated carbocycles. The largest absolute Gasteiger partial charge is 0.480 e. The number of amides is 1. The van der Waals surface area contributed by atoms with E-state index in [0.717, 1.165) is 11.8 Å². The van der Waals surface area contributed by atoms with Crippen molar-refractivity contribution in [2.24, 2.45) is 0 Å². The van der Waals surface area contributed by atoms with Crippen LogP contribution in [0.25, 0.3) is 6.08 Å². The number of carbonyl (C=O) groups is 3. The lowest BCUT2D eigenvalue weighted by Crippen LogP contribution is -2.43. The lowest BCUT2D eigenvalue weighted by Gasteiger charge is -2.22.